The molecule has 0 fully saturated rings. The van der Waals surface area contributed by atoms with Crippen LogP contribution >= 0.6 is 23.2 Å². The van der Waals surface area contributed by atoms with Crippen LogP contribution in [0.25, 0.3) is 0 Å². The number of aliphatic hydroxyl groups is 1. The maximum absolute atomic E-state index is 11.8. The molecule has 118 valence electrons. The summed E-state index contributed by atoms with van der Waals surface area (Å²) in [6.45, 7) is 2.91. The fourth-order valence-corrected chi connectivity index (χ4v) is 1.82. The van der Waals surface area contributed by atoms with Crippen LogP contribution in [0.5, 0.6) is 0 Å². The molecule has 0 saturated carbocycles. The Hall–Kier alpha value is -2.12. The number of hydrogen-bond acceptors (Lipinski definition) is 6. The van der Waals surface area contributed by atoms with Crippen molar-refractivity contribution in [2.45, 2.75) is 13.8 Å². The van der Waals surface area contributed by atoms with E-state index in [1.54, 1.807) is 6.92 Å². The Kier molecular flexibility index (Phi) is 6.81. The third-order valence-corrected chi connectivity index (χ3v) is 2.60. The number of rotatable bonds is 4. The van der Waals surface area contributed by atoms with Crippen molar-refractivity contribution in [2.75, 3.05) is 6.61 Å². The minimum atomic E-state index is -0.952. The van der Waals surface area contributed by atoms with Gasteiger partial charge in [-0.15, -0.1) is 5.11 Å². The van der Waals surface area contributed by atoms with Crippen LogP contribution < -0.4 is 5.32 Å². The number of hydrogen-bond donors (Lipinski definition) is 2. The van der Waals surface area contributed by atoms with Gasteiger partial charge in [0, 0.05) is 10.0 Å². The number of carbonyl (C=O) groups excluding carboxylic acids is 2. The minimum absolute atomic E-state index is 0.0960. The predicted molar refractivity (Wildman–Crippen MR) is 81.5 cm³/mol. The van der Waals surface area contributed by atoms with Crippen LogP contribution in [-0.2, 0) is 9.53 Å². The van der Waals surface area contributed by atoms with Crippen molar-refractivity contribution in [1.82, 2.24) is 5.32 Å². The standard InChI is InChI=1S/C13H13Cl2N3O4/c1-3-22-13(21)16-12(20)11(7(2)19)18-17-10-5-8(14)4-9(15)6-10/h4-6,19H,3H2,1-2H3,(H,16,20,21)/b11-7+,18-17?. The van der Waals surface area contributed by atoms with Crippen LogP contribution in [0.1, 0.15) is 13.8 Å². The molecule has 0 atom stereocenters. The second-order valence-corrected chi connectivity index (χ2v) is 4.81. The Morgan fingerprint density at radius 2 is 1.86 bits per heavy atom. The highest BCUT2D eigenvalue weighted by Gasteiger charge is 2.16. The summed E-state index contributed by atoms with van der Waals surface area (Å²) in [4.78, 5) is 23.0. The van der Waals surface area contributed by atoms with Gasteiger partial charge in [-0.1, -0.05) is 23.2 Å². The number of aliphatic hydroxyl groups excluding tert-OH is 1. The van der Waals surface area contributed by atoms with Crippen molar-refractivity contribution in [3.05, 3.63) is 39.7 Å². The van der Waals surface area contributed by atoms with Crippen LogP contribution in [0.2, 0.25) is 10.0 Å². The van der Waals surface area contributed by atoms with E-state index in [0.717, 1.165) is 0 Å². The zero-order valence-corrected chi connectivity index (χ0v) is 13.3. The lowest BCUT2D eigenvalue weighted by molar-refractivity contribution is -0.117. The van der Waals surface area contributed by atoms with Crippen LogP contribution in [0.4, 0.5) is 10.5 Å². The van der Waals surface area contributed by atoms with Crippen molar-refractivity contribution in [1.29, 1.82) is 0 Å². The number of amides is 2. The Labute approximate surface area is 136 Å². The average Bonchev–Trinajstić information content (AvgIpc) is 2.37. The number of halogens is 2. The van der Waals surface area contributed by atoms with Crippen molar-refractivity contribution >= 4 is 40.9 Å². The van der Waals surface area contributed by atoms with E-state index in [1.165, 1.54) is 25.1 Å². The summed E-state index contributed by atoms with van der Waals surface area (Å²) in [5, 5.41) is 19.4. The molecule has 2 N–H and O–H groups in total. The Morgan fingerprint density at radius 1 is 1.27 bits per heavy atom. The average molecular weight is 346 g/mol. The van der Waals surface area contributed by atoms with Gasteiger partial charge in [-0.2, -0.15) is 5.11 Å². The molecule has 22 heavy (non-hydrogen) atoms. The fourth-order valence-electron chi connectivity index (χ4n) is 1.31. The third kappa shape index (κ3) is 5.71. The monoisotopic (exact) mass is 345 g/mol. The second-order valence-electron chi connectivity index (χ2n) is 3.94. The normalized spacial score (nSPS) is 12.0. The second kappa shape index (κ2) is 8.35. The summed E-state index contributed by atoms with van der Waals surface area (Å²) < 4.78 is 4.55. The molecule has 0 aliphatic carbocycles. The molecule has 0 aromatic heterocycles. The molecule has 1 aromatic rings. The first-order valence-corrected chi connectivity index (χ1v) is 6.84. The summed E-state index contributed by atoms with van der Waals surface area (Å²) in [5.41, 5.74) is -0.163. The van der Waals surface area contributed by atoms with Crippen molar-refractivity contribution in [3.63, 3.8) is 0 Å². The number of azo groups is 1. The van der Waals surface area contributed by atoms with E-state index in [4.69, 9.17) is 23.2 Å². The van der Waals surface area contributed by atoms with E-state index in [9.17, 15) is 14.7 Å². The van der Waals surface area contributed by atoms with E-state index in [-0.39, 0.29) is 12.3 Å². The zero-order chi connectivity index (χ0) is 16.7. The van der Waals surface area contributed by atoms with E-state index in [1.807, 2.05) is 5.32 Å². The van der Waals surface area contributed by atoms with Crippen LogP contribution in [0.3, 0.4) is 0 Å². The summed E-state index contributed by atoms with van der Waals surface area (Å²) in [6, 6.07) is 4.43. The van der Waals surface area contributed by atoms with Crippen LogP contribution in [0.15, 0.2) is 39.9 Å². The first-order chi connectivity index (χ1) is 10.3. The maximum atomic E-state index is 11.8. The summed E-state index contributed by atoms with van der Waals surface area (Å²) >= 11 is 11.6. The lowest BCUT2D eigenvalue weighted by atomic mass is 10.3. The molecule has 0 aliphatic rings. The minimum Gasteiger partial charge on any atom is -0.510 e. The highest BCUT2D eigenvalue weighted by molar-refractivity contribution is 6.35. The Balaban J connectivity index is 2.93. The first-order valence-electron chi connectivity index (χ1n) is 6.09. The number of benzene rings is 1. The number of nitrogens with one attached hydrogen (secondary N) is 1. The van der Waals surface area contributed by atoms with Gasteiger partial charge in [-0.25, -0.2) is 4.79 Å². The molecule has 0 bridgehead atoms. The number of allylic oxidation sites excluding steroid dienone is 1. The van der Waals surface area contributed by atoms with Crippen molar-refractivity contribution in [3.8, 4) is 0 Å². The molecule has 9 heteroatoms. The molecular formula is C13H13Cl2N3O4. The largest absolute Gasteiger partial charge is 0.510 e. The number of nitrogens with zero attached hydrogens (tertiary/aromatic N) is 2. The number of imide groups is 1. The topological polar surface area (TPSA) is 100 Å². The zero-order valence-electron chi connectivity index (χ0n) is 11.8. The molecule has 0 saturated heterocycles. The molecular weight excluding hydrogens is 333 g/mol. The van der Waals surface area contributed by atoms with Crippen LogP contribution in [-0.4, -0.2) is 23.7 Å². The fraction of sp³-hybridized carbons (Fsp3) is 0.231. The van der Waals surface area contributed by atoms with Gasteiger partial charge >= 0.3 is 6.09 Å². The molecule has 0 aliphatic heterocycles. The van der Waals surface area contributed by atoms with E-state index >= 15 is 0 Å². The molecule has 2 amide bonds. The van der Waals surface area contributed by atoms with Crippen molar-refractivity contribution in [2.24, 2.45) is 10.2 Å². The highest BCUT2D eigenvalue weighted by atomic mass is 35.5. The van der Waals surface area contributed by atoms with Gasteiger partial charge in [-0.3, -0.25) is 10.1 Å². The first kappa shape index (κ1) is 17.9. The smallest absolute Gasteiger partial charge is 0.414 e. The molecule has 0 radical (unpaired) electrons. The maximum Gasteiger partial charge on any atom is 0.414 e. The van der Waals surface area contributed by atoms with Gasteiger partial charge in [0.1, 0.15) is 5.76 Å². The van der Waals surface area contributed by atoms with Crippen molar-refractivity contribution < 1.29 is 19.4 Å². The van der Waals surface area contributed by atoms with Gasteiger partial charge in [0.25, 0.3) is 5.91 Å². The molecule has 0 spiro atoms. The molecule has 0 heterocycles. The van der Waals surface area contributed by atoms with E-state index in [0.29, 0.717) is 10.0 Å². The predicted octanol–water partition coefficient (Wildman–Crippen LogP) is 4.14. The van der Waals surface area contributed by atoms with Gasteiger partial charge < -0.3 is 9.84 Å². The SMILES string of the molecule is CCOC(=O)NC(=O)/C(N=Nc1cc(Cl)cc(Cl)c1)=C(/C)O. The van der Waals surface area contributed by atoms with E-state index in [2.05, 4.69) is 15.0 Å². The molecule has 1 rings (SSSR count). The number of carbonyl (C=O) groups is 2. The summed E-state index contributed by atoms with van der Waals surface area (Å²) in [7, 11) is 0. The van der Waals surface area contributed by atoms with Gasteiger partial charge in [0.05, 0.1) is 12.3 Å². The molecule has 7 nitrogen and oxygen atoms in total. The van der Waals surface area contributed by atoms with Gasteiger partial charge in [0.15, 0.2) is 5.70 Å². The number of alkyl carbamates (subject to hydrolysis) is 1. The molecule has 1 aromatic carbocycles. The van der Waals surface area contributed by atoms with Gasteiger partial charge in [0.2, 0.25) is 0 Å². The summed E-state index contributed by atoms with van der Waals surface area (Å²) in [6.07, 6.45) is -0.952. The Bertz CT molecular complexity index is 620. The lowest BCUT2D eigenvalue weighted by Gasteiger charge is -2.04. The van der Waals surface area contributed by atoms with Gasteiger partial charge in [-0.05, 0) is 32.0 Å². The quantitative estimate of drug-likeness (QED) is 0.486. The van der Waals surface area contributed by atoms with E-state index < -0.39 is 23.5 Å². The highest BCUT2D eigenvalue weighted by Crippen LogP contribution is 2.25. The summed E-state index contributed by atoms with van der Waals surface area (Å²) in [5.74, 6) is -1.37. The number of ether oxygens (including phenoxy) is 1. The lowest BCUT2D eigenvalue weighted by Crippen LogP contribution is -2.32. The Morgan fingerprint density at radius 3 is 2.36 bits per heavy atom. The molecule has 0 unspecified atom stereocenters. The van der Waals surface area contributed by atoms with Crippen LogP contribution in [0, 0.1) is 0 Å². The third-order valence-electron chi connectivity index (χ3n) is 2.16.